The molecule has 2 N–H and O–H groups in total. The number of nitrogens with one attached hydrogen (secondary N) is 1. The Bertz CT molecular complexity index is 504. The van der Waals surface area contributed by atoms with Crippen LogP contribution in [0.15, 0.2) is 12.1 Å². The van der Waals surface area contributed by atoms with Gasteiger partial charge in [-0.3, -0.25) is 4.79 Å². The second-order valence-corrected chi connectivity index (χ2v) is 5.40. The van der Waals surface area contributed by atoms with Crippen LogP contribution in [0.5, 0.6) is 11.5 Å². The number of carbonyl (C=O) groups excluding carboxylic acids is 1. The van der Waals surface area contributed by atoms with Gasteiger partial charge < -0.3 is 19.9 Å². The van der Waals surface area contributed by atoms with Crippen LogP contribution in [0.1, 0.15) is 24.2 Å². The van der Waals surface area contributed by atoms with Crippen LogP contribution in [0.2, 0.25) is 5.02 Å². The Balaban J connectivity index is 2.20. The lowest BCUT2D eigenvalue weighted by molar-refractivity contribution is 0.0895. The first-order valence-electron chi connectivity index (χ1n) is 6.53. The monoisotopic (exact) mass is 299 g/mol. The highest BCUT2D eigenvalue weighted by Crippen LogP contribution is 2.38. The van der Waals surface area contributed by atoms with Gasteiger partial charge in [0, 0.05) is 5.56 Å². The van der Waals surface area contributed by atoms with E-state index in [1.54, 1.807) is 12.1 Å². The smallest absolute Gasteiger partial charge is 0.251 e. The van der Waals surface area contributed by atoms with E-state index in [9.17, 15) is 9.90 Å². The summed E-state index contributed by atoms with van der Waals surface area (Å²) in [6, 6.07) is 2.85. The molecule has 1 aliphatic rings. The van der Waals surface area contributed by atoms with E-state index < -0.39 is 0 Å². The summed E-state index contributed by atoms with van der Waals surface area (Å²) in [6.07, 6.45) is 0. The average molecular weight is 300 g/mol. The van der Waals surface area contributed by atoms with Crippen molar-refractivity contribution in [3.05, 3.63) is 22.7 Å². The number of hydrogen-bond donors (Lipinski definition) is 2. The number of benzene rings is 1. The van der Waals surface area contributed by atoms with Crippen molar-refractivity contribution in [3.8, 4) is 11.5 Å². The summed E-state index contributed by atoms with van der Waals surface area (Å²) in [6.45, 7) is 4.62. The Hall–Kier alpha value is -1.46. The molecule has 110 valence electrons. The standard InChI is InChI=1S/C14H18ClNO4/c1-8(2)11(7-17)16-14(18)9-5-10(15)13-12(6-9)19-3-4-20-13/h5-6,8,11,17H,3-4,7H2,1-2H3,(H,16,18). The first-order valence-corrected chi connectivity index (χ1v) is 6.91. The van der Waals surface area contributed by atoms with Crippen molar-refractivity contribution in [2.45, 2.75) is 19.9 Å². The maximum atomic E-state index is 12.2. The Morgan fingerprint density at radius 2 is 2.10 bits per heavy atom. The highest BCUT2D eigenvalue weighted by atomic mass is 35.5. The van der Waals surface area contributed by atoms with Crippen molar-refractivity contribution in [3.63, 3.8) is 0 Å². The molecule has 0 aromatic heterocycles. The van der Waals surface area contributed by atoms with Crippen molar-refractivity contribution in [1.29, 1.82) is 0 Å². The summed E-state index contributed by atoms with van der Waals surface area (Å²) in [5.41, 5.74) is 0.387. The topological polar surface area (TPSA) is 67.8 Å². The molecule has 0 aliphatic carbocycles. The molecule has 0 saturated carbocycles. The van der Waals surface area contributed by atoms with Gasteiger partial charge in [0.25, 0.3) is 5.91 Å². The van der Waals surface area contributed by atoms with Crippen molar-refractivity contribution in [2.75, 3.05) is 19.8 Å². The van der Waals surface area contributed by atoms with Crippen LogP contribution in [-0.2, 0) is 0 Å². The SMILES string of the molecule is CC(C)C(CO)NC(=O)c1cc(Cl)c2c(c1)OCCO2. The molecule has 1 aromatic rings. The molecule has 6 heteroatoms. The van der Waals surface area contributed by atoms with E-state index in [2.05, 4.69) is 5.32 Å². The Labute approximate surface area is 122 Å². The number of carbonyl (C=O) groups is 1. The lowest BCUT2D eigenvalue weighted by Gasteiger charge is -2.22. The Morgan fingerprint density at radius 3 is 2.75 bits per heavy atom. The third-order valence-corrected chi connectivity index (χ3v) is 3.46. The maximum Gasteiger partial charge on any atom is 0.251 e. The molecule has 0 fully saturated rings. The number of halogens is 1. The molecule has 1 aliphatic heterocycles. The lowest BCUT2D eigenvalue weighted by Crippen LogP contribution is -2.41. The third-order valence-electron chi connectivity index (χ3n) is 3.18. The second kappa shape index (κ2) is 6.33. The molecule has 1 heterocycles. The molecular formula is C14H18ClNO4. The van der Waals surface area contributed by atoms with Crippen LogP contribution in [-0.4, -0.2) is 36.9 Å². The van der Waals surface area contributed by atoms with Crippen LogP contribution < -0.4 is 14.8 Å². The van der Waals surface area contributed by atoms with Gasteiger partial charge in [-0.25, -0.2) is 0 Å². The van der Waals surface area contributed by atoms with Crippen LogP contribution in [0.25, 0.3) is 0 Å². The van der Waals surface area contributed by atoms with Crippen LogP contribution in [0.3, 0.4) is 0 Å². The molecule has 0 radical (unpaired) electrons. The zero-order valence-corrected chi connectivity index (χ0v) is 12.2. The number of hydrogen-bond acceptors (Lipinski definition) is 4. The molecule has 1 unspecified atom stereocenters. The van der Waals surface area contributed by atoms with E-state index in [4.69, 9.17) is 21.1 Å². The summed E-state index contributed by atoms with van der Waals surface area (Å²) in [5.74, 6) is 0.782. The average Bonchev–Trinajstić information content (AvgIpc) is 2.44. The van der Waals surface area contributed by atoms with Gasteiger partial charge in [-0.1, -0.05) is 25.4 Å². The molecule has 1 atom stereocenters. The largest absolute Gasteiger partial charge is 0.486 e. The summed E-state index contributed by atoms with van der Waals surface area (Å²) >= 11 is 6.09. The van der Waals surface area contributed by atoms with E-state index in [0.717, 1.165) is 0 Å². The fourth-order valence-electron chi connectivity index (χ4n) is 1.92. The van der Waals surface area contributed by atoms with Gasteiger partial charge in [0.05, 0.1) is 17.7 Å². The van der Waals surface area contributed by atoms with Crippen molar-refractivity contribution in [1.82, 2.24) is 5.32 Å². The molecule has 1 aromatic carbocycles. The van der Waals surface area contributed by atoms with E-state index in [-0.39, 0.29) is 24.5 Å². The normalized spacial score (nSPS) is 15.1. The maximum absolute atomic E-state index is 12.2. The molecular weight excluding hydrogens is 282 g/mol. The first-order chi connectivity index (χ1) is 9.52. The van der Waals surface area contributed by atoms with Gasteiger partial charge in [0.15, 0.2) is 11.5 Å². The van der Waals surface area contributed by atoms with Gasteiger partial charge in [0.2, 0.25) is 0 Å². The summed E-state index contributed by atoms with van der Waals surface area (Å²) < 4.78 is 10.8. The van der Waals surface area contributed by atoms with E-state index in [1.807, 2.05) is 13.8 Å². The lowest BCUT2D eigenvalue weighted by atomic mass is 10.0. The number of ether oxygens (including phenoxy) is 2. The molecule has 5 nitrogen and oxygen atoms in total. The molecule has 0 saturated heterocycles. The minimum absolute atomic E-state index is 0.109. The number of rotatable bonds is 4. The van der Waals surface area contributed by atoms with Gasteiger partial charge in [-0.15, -0.1) is 0 Å². The second-order valence-electron chi connectivity index (χ2n) is 4.99. The van der Waals surface area contributed by atoms with E-state index >= 15 is 0 Å². The van der Waals surface area contributed by atoms with Crippen LogP contribution in [0, 0.1) is 5.92 Å². The summed E-state index contributed by atoms with van der Waals surface area (Å²) in [5, 5.41) is 12.4. The fraction of sp³-hybridized carbons (Fsp3) is 0.500. The van der Waals surface area contributed by atoms with Gasteiger partial charge in [0.1, 0.15) is 13.2 Å². The number of aliphatic hydroxyl groups is 1. The van der Waals surface area contributed by atoms with E-state index in [1.165, 1.54) is 0 Å². The molecule has 0 spiro atoms. The predicted octanol–water partition coefficient (Wildman–Crippen LogP) is 1.86. The van der Waals surface area contributed by atoms with Crippen LogP contribution in [0.4, 0.5) is 0 Å². The van der Waals surface area contributed by atoms with Gasteiger partial charge in [-0.05, 0) is 18.1 Å². The summed E-state index contributed by atoms with van der Waals surface area (Å²) in [7, 11) is 0. The quantitative estimate of drug-likeness (QED) is 0.890. The highest BCUT2D eigenvalue weighted by Gasteiger charge is 2.21. The zero-order chi connectivity index (χ0) is 14.7. The Morgan fingerprint density at radius 1 is 1.40 bits per heavy atom. The van der Waals surface area contributed by atoms with Crippen molar-refractivity contribution < 1.29 is 19.4 Å². The number of fused-ring (bicyclic) bond motifs is 1. The highest BCUT2D eigenvalue weighted by molar-refractivity contribution is 6.32. The van der Waals surface area contributed by atoms with Gasteiger partial charge >= 0.3 is 0 Å². The Kier molecular flexibility index (Phi) is 4.73. The fourth-order valence-corrected chi connectivity index (χ4v) is 2.18. The first kappa shape index (κ1) is 14.9. The van der Waals surface area contributed by atoms with Gasteiger partial charge in [-0.2, -0.15) is 0 Å². The van der Waals surface area contributed by atoms with Crippen LogP contribution >= 0.6 is 11.6 Å². The predicted molar refractivity (Wildman–Crippen MR) is 75.6 cm³/mol. The zero-order valence-electron chi connectivity index (χ0n) is 11.5. The number of aliphatic hydroxyl groups excluding tert-OH is 1. The minimum atomic E-state index is -0.297. The van der Waals surface area contributed by atoms with Crippen molar-refractivity contribution in [2.24, 2.45) is 5.92 Å². The third kappa shape index (κ3) is 3.16. The molecule has 20 heavy (non-hydrogen) atoms. The molecule has 0 bridgehead atoms. The minimum Gasteiger partial charge on any atom is -0.486 e. The number of amides is 1. The molecule has 1 amide bonds. The van der Waals surface area contributed by atoms with Crippen molar-refractivity contribution >= 4 is 17.5 Å². The summed E-state index contributed by atoms with van der Waals surface area (Å²) in [4.78, 5) is 12.2. The van der Waals surface area contributed by atoms with E-state index in [0.29, 0.717) is 35.3 Å². The molecule has 2 rings (SSSR count).